The Morgan fingerprint density at radius 1 is 1.18 bits per heavy atom. The van der Waals surface area contributed by atoms with Gasteiger partial charge in [0.1, 0.15) is 23.2 Å². The van der Waals surface area contributed by atoms with Crippen LogP contribution in [0.3, 0.4) is 0 Å². The van der Waals surface area contributed by atoms with Crippen molar-refractivity contribution in [2.75, 3.05) is 13.7 Å². The van der Waals surface area contributed by atoms with Crippen molar-refractivity contribution in [3.05, 3.63) is 63.9 Å². The van der Waals surface area contributed by atoms with Gasteiger partial charge in [-0.2, -0.15) is 0 Å². The Hall–Kier alpha value is -3.23. The molecule has 0 amide bonds. The molecule has 0 unspecified atom stereocenters. The van der Waals surface area contributed by atoms with E-state index < -0.39 is 0 Å². The lowest BCUT2D eigenvalue weighted by molar-refractivity contribution is -0.144. The summed E-state index contributed by atoms with van der Waals surface area (Å²) >= 11 is 1.50. The fourth-order valence-electron chi connectivity index (χ4n) is 4.12. The molecule has 5 rings (SSSR count). The standard InChI is InChI=1S/C25H26N4O3S/c1-15-4-6-18(21(10-15)31-3)25-27-16(2)22(33-25)12-24(30)32-14-17-5-7-20-19(11-17)28-23-13-26-8-9-29(20)23/h4-7,10-11,26H,8-9,12-14H2,1-3H3. The van der Waals surface area contributed by atoms with Gasteiger partial charge in [-0.1, -0.05) is 12.1 Å². The number of ether oxygens (including phenoxy) is 2. The van der Waals surface area contributed by atoms with Crippen LogP contribution in [0, 0.1) is 13.8 Å². The van der Waals surface area contributed by atoms with Crippen molar-refractivity contribution < 1.29 is 14.3 Å². The van der Waals surface area contributed by atoms with E-state index in [9.17, 15) is 4.79 Å². The average Bonchev–Trinajstić information content (AvgIpc) is 3.37. The molecule has 170 valence electrons. The number of thiazole rings is 1. The van der Waals surface area contributed by atoms with Crippen LogP contribution in [0.25, 0.3) is 21.6 Å². The van der Waals surface area contributed by atoms with Crippen molar-refractivity contribution in [1.29, 1.82) is 0 Å². The Bertz CT molecular complexity index is 1340. The monoisotopic (exact) mass is 462 g/mol. The molecular weight excluding hydrogens is 436 g/mol. The van der Waals surface area contributed by atoms with Gasteiger partial charge in [0.05, 0.1) is 42.4 Å². The minimum absolute atomic E-state index is 0.199. The van der Waals surface area contributed by atoms with Gasteiger partial charge in [-0.25, -0.2) is 9.97 Å². The molecular formula is C25H26N4O3S. The van der Waals surface area contributed by atoms with E-state index in [1.54, 1.807) is 7.11 Å². The fourth-order valence-corrected chi connectivity index (χ4v) is 5.20. The molecule has 2 aromatic carbocycles. The summed E-state index contributed by atoms with van der Waals surface area (Å²) < 4.78 is 13.3. The zero-order valence-corrected chi connectivity index (χ0v) is 19.8. The number of rotatable bonds is 6. The predicted molar refractivity (Wildman–Crippen MR) is 129 cm³/mol. The number of esters is 1. The summed E-state index contributed by atoms with van der Waals surface area (Å²) in [5.74, 6) is 1.56. The molecule has 0 bridgehead atoms. The summed E-state index contributed by atoms with van der Waals surface area (Å²) in [5.41, 5.74) is 5.90. The fraction of sp³-hybridized carbons (Fsp3) is 0.320. The molecule has 4 aromatic rings. The smallest absolute Gasteiger partial charge is 0.311 e. The van der Waals surface area contributed by atoms with Crippen molar-refractivity contribution in [2.45, 2.75) is 40.0 Å². The molecule has 2 aromatic heterocycles. The molecule has 0 aliphatic carbocycles. The summed E-state index contributed by atoms with van der Waals surface area (Å²) in [5, 5.41) is 4.18. The van der Waals surface area contributed by atoms with E-state index in [1.807, 2.05) is 44.2 Å². The maximum Gasteiger partial charge on any atom is 0.311 e. The number of imidazole rings is 1. The third-order valence-corrected chi connectivity index (χ3v) is 7.06. The number of methoxy groups -OCH3 is 1. The summed E-state index contributed by atoms with van der Waals surface area (Å²) in [4.78, 5) is 22.9. The largest absolute Gasteiger partial charge is 0.496 e. The van der Waals surface area contributed by atoms with Crippen molar-refractivity contribution in [1.82, 2.24) is 19.9 Å². The second-order valence-corrected chi connectivity index (χ2v) is 9.33. The lowest BCUT2D eigenvalue weighted by Crippen LogP contribution is -2.28. The third-order valence-electron chi connectivity index (χ3n) is 5.87. The molecule has 33 heavy (non-hydrogen) atoms. The second kappa shape index (κ2) is 8.96. The SMILES string of the molecule is COc1cc(C)ccc1-c1nc(C)c(CC(=O)OCc2ccc3c(c2)nc2n3CCNC2)s1. The molecule has 8 heteroatoms. The first kappa shape index (κ1) is 21.6. The number of hydrogen-bond donors (Lipinski definition) is 1. The Balaban J connectivity index is 1.26. The van der Waals surface area contributed by atoms with Gasteiger partial charge in [0.2, 0.25) is 0 Å². The van der Waals surface area contributed by atoms with Crippen molar-refractivity contribution in [2.24, 2.45) is 0 Å². The van der Waals surface area contributed by atoms with Crippen LogP contribution in [0.4, 0.5) is 0 Å². The number of aryl methyl sites for hydroxylation is 2. The number of fused-ring (bicyclic) bond motifs is 3. The van der Waals surface area contributed by atoms with Gasteiger partial charge in [-0.15, -0.1) is 11.3 Å². The first-order chi connectivity index (χ1) is 16.0. The zero-order chi connectivity index (χ0) is 22.9. The first-order valence-corrected chi connectivity index (χ1v) is 11.8. The molecule has 7 nitrogen and oxygen atoms in total. The topological polar surface area (TPSA) is 78.3 Å². The van der Waals surface area contributed by atoms with Gasteiger partial charge in [0.25, 0.3) is 0 Å². The molecule has 3 heterocycles. The van der Waals surface area contributed by atoms with Crippen LogP contribution in [0.15, 0.2) is 36.4 Å². The van der Waals surface area contributed by atoms with Gasteiger partial charge in [-0.3, -0.25) is 4.79 Å². The van der Waals surface area contributed by atoms with E-state index >= 15 is 0 Å². The van der Waals surface area contributed by atoms with E-state index in [0.29, 0.717) is 0 Å². The minimum Gasteiger partial charge on any atom is -0.496 e. The molecule has 0 spiro atoms. The molecule has 1 aliphatic rings. The summed E-state index contributed by atoms with van der Waals surface area (Å²) in [6.45, 7) is 6.83. The van der Waals surface area contributed by atoms with E-state index in [1.165, 1.54) is 11.3 Å². The van der Waals surface area contributed by atoms with Crippen molar-refractivity contribution in [3.8, 4) is 16.3 Å². The maximum atomic E-state index is 12.6. The quantitative estimate of drug-likeness (QED) is 0.433. The second-order valence-electron chi connectivity index (χ2n) is 8.25. The average molecular weight is 463 g/mol. The third kappa shape index (κ3) is 4.36. The van der Waals surface area contributed by atoms with E-state index in [-0.39, 0.29) is 19.0 Å². The van der Waals surface area contributed by atoms with Gasteiger partial charge < -0.3 is 19.4 Å². The van der Waals surface area contributed by atoms with Crippen LogP contribution < -0.4 is 10.1 Å². The lowest BCUT2D eigenvalue weighted by Gasteiger charge is -2.15. The van der Waals surface area contributed by atoms with Crippen LogP contribution in [-0.4, -0.2) is 34.2 Å². The Morgan fingerprint density at radius 3 is 2.91 bits per heavy atom. The van der Waals surface area contributed by atoms with Crippen LogP contribution in [-0.2, 0) is 35.6 Å². The van der Waals surface area contributed by atoms with E-state index in [0.717, 1.165) is 74.5 Å². The molecule has 0 fully saturated rings. The molecule has 0 atom stereocenters. The Morgan fingerprint density at radius 2 is 2.06 bits per heavy atom. The number of nitrogens with one attached hydrogen (secondary N) is 1. The summed E-state index contributed by atoms with van der Waals surface area (Å²) in [6.07, 6.45) is 0.199. The highest BCUT2D eigenvalue weighted by Crippen LogP contribution is 2.35. The van der Waals surface area contributed by atoms with Gasteiger partial charge in [-0.05, 0) is 49.2 Å². The summed E-state index contributed by atoms with van der Waals surface area (Å²) in [6, 6.07) is 12.1. The Labute approximate surface area is 196 Å². The number of benzene rings is 2. The predicted octanol–water partition coefficient (Wildman–Crippen LogP) is 4.17. The lowest BCUT2D eigenvalue weighted by atomic mass is 10.1. The maximum absolute atomic E-state index is 12.6. The van der Waals surface area contributed by atoms with Gasteiger partial charge >= 0.3 is 5.97 Å². The molecule has 1 aliphatic heterocycles. The normalized spacial score (nSPS) is 13.2. The molecule has 1 N–H and O–H groups in total. The number of carbonyl (C=O) groups excluding carboxylic acids is 1. The number of hydrogen-bond acceptors (Lipinski definition) is 7. The van der Waals surface area contributed by atoms with Gasteiger partial charge in [0, 0.05) is 18.0 Å². The highest BCUT2D eigenvalue weighted by molar-refractivity contribution is 7.15. The van der Waals surface area contributed by atoms with Crippen LogP contribution in [0.5, 0.6) is 5.75 Å². The Kier molecular flexibility index (Phi) is 5.86. The van der Waals surface area contributed by atoms with Crippen LogP contribution >= 0.6 is 11.3 Å². The van der Waals surface area contributed by atoms with Crippen molar-refractivity contribution in [3.63, 3.8) is 0 Å². The highest BCUT2D eigenvalue weighted by Gasteiger charge is 2.17. The zero-order valence-electron chi connectivity index (χ0n) is 19.0. The summed E-state index contributed by atoms with van der Waals surface area (Å²) in [7, 11) is 1.66. The van der Waals surface area contributed by atoms with E-state index in [4.69, 9.17) is 14.5 Å². The molecule has 0 saturated heterocycles. The molecule has 0 radical (unpaired) electrons. The number of aromatic nitrogens is 3. The first-order valence-electron chi connectivity index (χ1n) is 11.0. The number of nitrogens with zero attached hydrogens (tertiary/aromatic N) is 3. The van der Waals surface area contributed by atoms with Crippen molar-refractivity contribution >= 4 is 28.3 Å². The number of carbonyl (C=O) groups is 1. The van der Waals surface area contributed by atoms with E-state index in [2.05, 4.69) is 20.9 Å². The van der Waals surface area contributed by atoms with Gasteiger partial charge in [0.15, 0.2) is 0 Å². The van der Waals surface area contributed by atoms with Crippen LogP contribution in [0.1, 0.15) is 27.5 Å². The molecule has 0 saturated carbocycles. The minimum atomic E-state index is -0.266. The highest BCUT2D eigenvalue weighted by atomic mass is 32.1. The van der Waals surface area contributed by atoms with Crippen LogP contribution in [0.2, 0.25) is 0 Å².